The van der Waals surface area contributed by atoms with Gasteiger partial charge in [-0.2, -0.15) is 5.01 Å². The standard InChI is InChI=1S/C18H22N2O2S2/c1-2-3-4-5-9-12-16(21)19-20-17(22)15(24-18(20)23)13-14-10-7-6-8-11-14/h6-8,10-11,13H,2-5,9,12H2,1H3,(H,19,21)/b15-13+. The number of unbranched alkanes of at least 4 members (excludes halogenated alkanes) is 4. The van der Waals surface area contributed by atoms with E-state index >= 15 is 0 Å². The van der Waals surface area contributed by atoms with E-state index in [1.54, 1.807) is 6.08 Å². The number of benzene rings is 1. The van der Waals surface area contributed by atoms with E-state index in [9.17, 15) is 9.59 Å². The Labute approximate surface area is 152 Å². The molecule has 0 saturated carbocycles. The predicted octanol–water partition coefficient (Wildman–Crippen LogP) is 4.28. The summed E-state index contributed by atoms with van der Waals surface area (Å²) in [7, 11) is 0. The number of hydrogen-bond acceptors (Lipinski definition) is 4. The van der Waals surface area contributed by atoms with Crippen LogP contribution in [0.15, 0.2) is 35.2 Å². The largest absolute Gasteiger partial charge is 0.285 e. The van der Waals surface area contributed by atoms with Crippen molar-refractivity contribution < 1.29 is 9.59 Å². The number of amides is 2. The summed E-state index contributed by atoms with van der Waals surface area (Å²) < 4.78 is 0.363. The van der Waals surface area contributed by atoms with Crippen molar-refractivity contribution in [2.45, 2.75) is 45.4 Å². The molecule has 1 heterocycles. The first-order chi connectivity index (χ1) is 11.6. The Morgan fingerprint density at radius 1 is 1.21 bits per heavy atom. The van der Waals surface area contributed by atoms with Gasteiger partial charge < -0.3 is 0 Å². The zero-order chi connectivity index (χ0) is 17.4. The molecule has 1 aromatic carbocycles. The van der Waals surface area contributed by atoms with Crippen molar-refractivity contribution >= 4 is 46.2 Å². The van der Waals surface area contributed by atoms with E-state index in [0.29, 0.717) is 15.6 Å². The minimum Gasteiger partial charge on any atom is -0.273 e. The summed E-state index contributed by atoms with van der Waals surface area (Å²) >= 11 is 6.42. The molecule has 1 fully saturated rings. The van der Waals surface area contributed by atoms with Crippen molar-refractivity contribution in [1.82, 2.24) is 10.4 Å². The summed E-state index contributed by atoms with van der Waals surface area (Å²) in [6, 6.07) is 9.58. The third kappa shape index (κ3) is 5.46. The van der Waals surface area contributed by atoms with E-state index in [-0.39, 0.29) is 11.8 Å². The molecule has 0 spiro atoms. The van der Waals surface area contributed by atoms with Crippen molar-refractivity contribution in [3.8, 4) is 0 Å². The molecule has 1 saturated heterocycles. The van der Waals surface area contributed by atoms with E-state index in [4.69, 9.17) is 12.2 Å². The second-order valence-electron chi connectivity index (χ2n) is 5.63. The van der Waals surface area contributed by atoms with E-state index in [1.807, 2.05) is 30.3 Å². The quantitative estimate of drug-likeness (QED) is 0.426. The minimum atomic E-state index is -0.270. The van der Waals surface area contributed by atoms with Crippen LogP contribution < -0.4 is 5.43 Å². The lowest BCUT2D eigenvalue weighted by Gasteiger charge is -2.15. The molecule has 1 N–H and O–H groups in total. The maximum absolute atomic E-state index is 12.4. The molecule has 6 heteroatoms. The van der Waals surface area contributed by atoms with Crippen LogP contribution in [0.4, 0.5) is 0 Å². The van der Waals surface area contributed by atoms with Gasteiger partial charge in [0.2, 0.25) is 5.91 Å². The van der Waals surface area contributed by atoms with Gasteiger partial charge in [0.25, 0.3) is 5.91 Å². The van der Waals surface area contributed by atoms with Gasteiger partial charge in [-0.15, -0.1) is 0 Å². The fraction of sp³-hybridized carbons (Fsp3) is 0.389. The van der Waals surface area contributed by atoms with Gasteiger partial charge in [-0.3, -0.25) is 15.0 Å². The van der Waals surface area contributed by atoms with Gasteiger partial charge in [-0.25, -0.2) is 0 Å². The van der Waals surface area contributed by atoms with Crippen LogP contribution in [0.25, 0.3) is 6.08 Å². The van der Waals surface area contributed by atoms with E-state index in [1.165, 1.54) is 29.6 Å². The molecule has 0 radical (unpaired) electrons. The minimum absolute atomic E-state index is 0.163. The van der Waals surface area contributed by atoms with E-state index in [0.717, 1.165) is 24.8 Å². The predicted molar refractivity (Wildman–Crippen MR) is 103 cm³/mol. The van der Waals surface area contributed by atoms with Gasteiger partial charge in [0.15, 0.2) is 4.32 Å². The Kier molecular flexibility index (Phi) is 7.46. The van der Waals surface area contributed by atoms with Gasteiger partial charge >= 0.3 is 0 Å². The third-order valence-corrected chi connectivity index (χ3v) is 4.94. The van der Waals surface area contributed by atoms with Gasteiger partial charge in [-0.1, -0.05) is 74.7 Å². The fourth-order valence-corrected chi connectivity index (χ4v) is 3.51. The number of thiocarbonyl (C=S) groups is 1. The Morgan fingerprint density at radius 2 is 1.92 bits per heavy atom. The molecule has 0 aliphatic carbocycles. The first kappa shape index (κ1) is 18.7. The highest BCUT2D eigenvalue weighted by atomic mass is 32.2. The van der Waals surface area contributed by atoms with Gasteiger partial charge in [0, 0.05) is 6.42 Å². The van der Waals surface area contributed by atoms with Gasteiger partial charge in [-0.05, 0) is 30.3 Å². The molecule has 1 aliphatic rings. The highest BCUT2D eigenvalue weighted by Gasteiger charge is 2.33. The van der Waals surface area contributed by atoms with Crippen LogP contribution in [-0.4, -0.2) is 21.1 Å². The normalized spacial score (nSPS) is 16.0. The highest BCUT2D eigenvalue weighted by molar-refractivity contribution is 8.26. The van der Waals surface area contributed by atoms with Crippen LogP contribution in [0, 0.1) is 0 Å². The monoisotopic (exact) mass is 362 g/mol. The Balaban J connectivity index is 1.87. The molecule has 128 valence electrons. The first-order valence-electron chi connectivity index (χ1n) is 8.24. The molecule has 0 bridgehead atoms. The van der Waals surface area contributed by atoms with Crippen molar-refractivity contribution in [1.29, 1.82) is 0 Å². The van der Waals surface area contributed by atoms with E-state index < -0.39 is 0 Å². The molecule has 24 heavy (non-hydrogen) atoms. The topological polar surface area (TPSA) is 49.4 Å². The second-order valence-corrected chi connectivity index (χ2v) is 7.30. The van der Waals surface area contributed by atoms with Crippen LogP contribution in [-0.2, 0) is 9.59 Å². The fourth-order valence-electron chi connectivity index (χ4n) is 2.33. The first-order valence-corrected chi connectivity index (χ1v) is 9.46. The SMILES string of the molecule is CCCCCCCC(=O)NN1C(=O)/C(=C\c2ccccc2)SC1=S. The number of carbonyl (C=O) groups excluding carboxylic acids is 2. The molecule has 0 unspecified atom stereocenters. The summed E-state index contributed by atoms with van der Waals surface area (Å²) in [6.07, 6.45) is 7.59. The highest BCUT2D eigenvalue weighted by Crippen LogP contribution is 2.31. The van der Waals surface area contributed by atoms with Gasteiger partial charge in [0.1, 0.15) is 0 Å². The Hall–Kier alpha value is -1.66. The summed E-state index contributed by atoms with van der Waals surface area (Å²) in [6.45, 7) is 2.16. The number of hydrogen-bond donors (Lipinski definition) is 1. The van der Waals surface area contributed by atoms with Crippen LogP contribution in [0.3, 0.4) is 0 Å². The van der Waals surface area contributed by atoms with Crippen molar-refractivity contribution in [2.24, 2.45) is 0 Å². The van der Waals surface area contributed by atoms with Crippen LogP contribution in [0.5, 0.6) is 0 Å². The third-order valence-electron chi connectivity index (χ3n) is 3.63. The van der Waals surface area contributed by atoms with Crippen LogP contribution in [0.1, 0.15) is 51.0 Å². The van der Waals surface area contributed by atoms with Crippen LogP contribution in [0.2, 0.25) is 0 Å². The lowest BCUT2D eigenvalue weighted by atomic mass is 10.1. The number of hydrazine groups is 1. The van der Waals surface area contributed by atoms with Crippen molar-refractivity contribution in [3.05, 3.63) is 40.8 Å². The Bertz CT molecular complexity index is 629. The number of carbonyl (C=O) groups is 2. The second kappa shape index (κ2) is 9.59. The average molecular weight is 363 g/mol. The number of nitrogens with zero attached hydrogens (tertiary/aromatic N) is 1. The molecule has 2 rings (SSSR count). The van der Waals surface area contributed by atoms with Crippen LogP contribution >= 0.6 is 24.0 Å². The molecular formula is C18H22N2O2S2. The van der Waals surface area contributed by atoms with Gasteiger partial charge in [0.05, 0.1) is 4.91 Å². The van der Waals surface area contributed by atoms with Crippen molar-refractivity contribution in [3.63, 3.8) is 0 Å². The molecule has 2 amide bonds. The maximum atomic E-state index is 12.4. The summed E-state index contributed by atoms with van der Waals surface area (Å²) in [5, 5.41) is 1.18. The zero-order valence-corrected chi connectivity index (χ0v) is 15.4. The molecule has 4 nitrogen and oxygen atoms in total. The number of rotatable bonds is 8. The van der Waals surface area contributed by atoms with Crippen molar-refractivity contribution in [2.75, 3.05) is 0 Å². The lowest BCUT2D eigenvalue weighted by molar-refractivity contribution is -0.133. The molecular weight excluding hydrogens is 340 g/mol. The number of thioether (sulfide) groups is 1. The lowest BCUT2D eigenvalue weighted by Crippen LogP contribution is -2.44. The zero-order valence-electron chi connectivity index (χ0n) is 13.8. The summed E-state index contributed by atoms with van der Waals surface area (Å²) in [5.74, 6) is -0.433. The molecule has 0 aromatic heterocycles. The average Bonchev–Trinajstić information content (AvgIpc) is 2.83. The maximum Gasteiger partial charge on any atom is 0.285 e. The molecule has 1 aromatic rings. The molecule has 0 atom stereocenters. The Morgan fingerprint density at radius 3 is 2.62 bits per heavy atom. The molecule has 1 aliphatic heterocycles. The number of nitrogens with one attached hydrogen (secondary N) is 1. The summed E-state index contributed by atoms with van der Waals surface area (Å²) in [5.41, 5.74) is 3.56. The summed E-state index contributed by atoms with van der Waals surface area (Å²) in [4.78, 5) is 24.9. The smallest absolute Gasteiger partial charge is 0.273 e. The van der Waals surface area contributed by atoms with E-state index in [2.05, 4.69) is 12.3 Å².